The molecule has 1 aliphatic heterocycles. The molecule has 1 heterocycles. The molecule has 1 unspecified atom stereocenters. The second-order valence-corrected chi connectivity index (χ2v) is 10.7. The molecule has 0 saturated carbocycles. The maximum atomic E-state index is 12.9. The summed E-state index contributed by atoms with van der Waals surface area (Å²) in [6, 6.07) is 13.6. The van der Waals surface area contributed by atoms with Crippen LogP contribution in [0.1, 0.15) is 18.9 Å². The fraction of sp³-hybridized carbons (Fsp3) is 0.350. The zero-order valence-electron chi connectivity index (χ0n) is 16.7. The third kappa shape index (κ3) is 4.66. The molecule has 30 heavy (non-hydrogen) atoms. The van der Waals surface area contributed by atoms with Gasteiger partial charge in [0.25, 0.3) is 0 Å². The predicted octanol–water partition coefficient (Wildman–Crippen LogP) is 1.92. The topological polar surface area (TPSA) is 110 Å². The highest BCUT2D eigenvalue weighted by molar-refractivity contribution is 7.94. The molecular weight excluding hydrogens is 428 g/mol. The van der Waals surface area contributed by atoms with E-state index in [4.69, 9.17) is 4.74 Å². The number of nitrogens with one attached hydrogen (secondary N) is 1. The lowest BCUT2D eigenvalue weighted by atomic mass is 10.1. The number of rotatable bonds is 8. The zero-order valence-corrected chi connectivity index (χ0v) is 18.4. The summed E-state index contributed by atoms with van der Waals surface area (Å²) in [6.07, 6.45) is 1.29. The van der Waals surface area contributed by atoms with Gasteiger partial charge in [0.1, 0.15) is 10.6 Å². The van der Waals surface area contributed by atoms with E-state index in [2.05, 4.69) is 4.72 Å². The van der Waals surface area contributed by atoms with E-state index in [1.165, 1.54) is 26.2 Å². The summed E-state index contributed by atoms with van der Waals surface area (Å²) in [7, 11) is -6.51. The fourth-order valence-corrected chi connectivity index (χ4v) is 6.38. The molecule has 0 bridgehead atoms. The molecule has 8 nitrogen and oxygen atoms in total. The van der Waals surface area contributed by atoms with Crippen LogP contribution in [0.5, 0.6) is 5.75 Å². The molecular formula is C20H24N2O6S2. The molecule has 2 aromatic rings. The summed E-state index contributed by atoms with van der Waals surface area (Å²) in [5.74, 6) is -1.52. The summed E-state index contributed by atoms with van der Waals surface area (Å²) in [5, 5.41) is 0. The van der Waals surface area contributed by atoms with Crippen molar-refractivity contribution in [3.63, 3.8) is 0 Å². The van der Waals surface area contributed by atoms with Crippen LogP contribution in [-0.2, 0) is 31.3 Å². The van der Waals surface area contributed by atoms with Crippen LogP contribution in [0.3, 0.4) is 0 Å². The van der Waals surface area contributed by atoms with E-state index in [-0.39, 0.29) is 28.6 Å². The second kappa shape index (κ2) is 8.75. The first kappa shape index (κ1) is 22.3. The summed E-state index contributed by atoms with van der Waals surface area (Å²) < 4.78 is 58.8. The van der Waals surface area contributed by atoms with Crippen molar-refractivity contribution >= 4 is 31.6 Å². The fourth-order valence-electron chi connectivity index (χ4n) is 3.31. The van der Waals surface area contributed by atoms with Crippen LogP contribution in [0.4, 0.5) is 5.69 Å². The Morgan fingerprint density at radius 2 is 1.87 bits per heavy atom. The molecule has 162 valence electrons. The van der Waals surface area contributed by atoms with E-state index < -0.39 is 31.9 Å². The summed E-state index contributed by atoms with van der Waals surface area (Å²) >= 11 is 0. The van der Waals surface area contributed by atoms with E-state index in [0.29, 0.717) is 17.1 Å². The number of aryl methyl sites for hydroxylation is 1. The highest BCUT2D eigenvalue weighted by Crippen LogP contribution is 2.33. The lowest BCUT2D eigenvalue weighted by molar-refractivity contribution is -0.119. The Labute approximate surface area is 177 Å². The molecule has 1 atom stereocenters. The predicted molar refractivity (Wildman–Crippen MR) is 113 cm³/mol. The Morgan fingerprint density at radius 3 is 2.47 bits per heavy atom. The first-order chi connectivity index (χ1) is 14.2. The van der Waals surface area contributed by atoms with E-state index in [1.807, 2.05) is 30.3 Å². The smallest absolute Gasteiger partial charge is 0.244 e. The van der Waals surface area contributed by atoms with Gasteiger partial charge in [-0.15, -0.1) is 0 Å². The lowest BCUT2D eigenvalue weighted by Crippen LogP contribution is -2.31. The van der Waals surface area contributed by atoms with E-state index in [1.54, 1.807) is 0 Å². The van der Waals surface area contributed by atoms with Gasteiger partial charge in [0, 0.05) is 6.54 Å². The van der Waals surface area contributed by atoms with Crippen molar-refractivity contribution in [1.29, 1.82) is 0 Å². The molecule has 3 rings (SSSR count). The van der Waals surface area contributed by atoms with Crippen LogP contribution < -0.4 is 13.8 Å². The average molecular weight is 453 g/mol. The number of methoxy groups -OCH3 is 1. The molecule has 1 amide bonds. The van der Waals surface area contributed by atoms with Crippen LogP contribution in [0.2, 0.25) is 0 Å². The van der Waals surface area contributed by atoms with Crippen LogP contribution in [-0.4, -0.2) is 42.2 Å². The number of ether oxygens (including phenoxy) is 1. The van der Waals surface area contributed by atoms with Crippen molar-refractivity contribution in [2.45, 2.75) is 24.7 Å². The molecule has 1 saturated heterocycles. The number of carbonyl (C=O) groups is 1. The van der Waals surface area contributed by atoms with Crippen molar-refractivity contribution in [2.75, 3.05) is 23.7 Å². The monoisotopic (exact) mass is 452 g/mol. The van der Waals surface area contributed by atoms with Crippen molar-refractivity contribution in [2.24, 2.45) is 5.92 Å². The Balaban J connectivity index is 1.81. The molecule has 10 heteroatoms. The third-order valence-corrected chi connectivity index (χ3v) is 8.16. The SMILES string of the molecule is COc1ccc(N2C(=O)C(C)CS2(=O)=O)cc1S(=O)(=O)NCCCc1ccccc1. The first-order valence-electron chi connectivity index (χ1n) is 9.44. The third-order valence-electron chi connectivity index (χ3n) is 4.81. The van der Waals surface area contributed by atoms with E-state index in [9.17, 15) is 21.6 Å². The number of hydrogen-bond donors (Lipinski definition) is 1. The number of anilines is 1. The number of hydrogen-bond acceptors (Lipinski definition) is 6. The Hall–Kier alpha value is -2.43. The molecule has 0 aromatic heterocycles. The maximum absolute atomic E-state index is 12.9. The van der Waals surface area contributed by atoms with Crippen LogP contribution >= 0.6 is 0 Å². The van der Waals surface area contributed by atoms with Gasteiger partial charge in [-0.25, -0.2) is 25.9 Å². The second-order valence-electron chi connectivity index (χ2n) is 7.10. The maximum Gasteiger partial charge on any atom is 0.244 e. The van der Waals surface area contributed by atoms with E-state index >= 15 is 0 Å². The van der Waals surface area contributed by atoms with Gasteiger partial charge in [-0.1, -0.05) is 37.3 Å². The first-order valence-corrected chi connectivity index (χ1v) is 12.5. The largest absolute Gasteiger partial charge is 0.495 e. The Kier molecular flexibility index (Phi) is 6.49. The minimum absolute atomic E-state index is 0.0187. The van der Waals surface area contributed by atoms with Crippen LogP contribution in [0.15, 0.2) is 53.4 Å². The van der Waals surface area contributed by atoms with Gasteiger partial charge >= 0.3 is 0 Å². The summed E-state index contributed by atoms with van der Waals surface area (Å²) in [5.41, 5.74) is 1.08. The number of sulfonamides is 2. The van der Waals surface area contributed by atoms with Gasteiger partial charge in [0.05, 0.1) is 24.5 Å². The number of nitrogens with zero attached hydrogens (tertiary/aromatic N) is 1. The normalized spacial score (nSPS) is 18.5. The Bertz CT molecular complexity index is 1130. The lowest BCUT2D eigenvalue weighted by Gasteiger charge is -2.18. The van der Waals surface area contributed by atoms with Crippen molar-refractivity contribution < 1.29 is 26.4 Å². The molecule has 0 spiro atoms. The molecule has 2 aromatic carbocycles. The quantitative estimate of drug-likeness (QED) is 0.613. The van der Waals surface area contributed by atoms with Crippen molar-refractivity contribution in [1.82, 2.24) is 4.72 Å². The van der Waals surface area contributed by atoms with Crippen LogP contribution in [0, 0.1) is 5.92 Å². The highest BCUT2D eigenvalue weighted by Gasteiger charge is 2.42. The minimum Gasteiger partial charge on any atom is -0.495 e. The number of carbonyl (C=O) groups excluding carboxylic acids is 1. The molecule has 1 aliphatic rings. The molecule has 0 aliphatic carbocycles. The highest BCUT2D eigenvalue weighted by atomic mass is 32.2. The van der Waals surface area contributed by atoms with Gasteiger partial charge in [-0.05, 0) is 36.6 Å². The number of benzene rings is 2. The van der Waals surface area contributed by atoms with E-state index in [0.717, 1.165) is 11.6 Å². The standard InChI is InChI=1S/C20H24N2O6S2/c1-15-14-29(24,25)22(20(15)23)17-10-11-18(28-2)19(13-17)30(26,27)21-12-6-9-16-7-4-3-5-8-16/h3-5,7-8,10-11,13,15,21H,6,9,12,14H2,1-2H3. The molecule has 1 fully saturated rings. The van der Waals surface area contributed by atoms with Gasteiger partial charge in [-0.3, -0.25) is 4.79 Å². The zero-order chi connectivity index (χ0) is 21.9. The van der Waals surface area contributed by atoms with Crippen molar-refractivity contribution in [3.05, 3.63) is 54.1 Å². The minimum atomic E-state index is -3.99. The van der Waals surface area contributed by atoms with Crippen molar-refractivity contribution in [3.8, 4) is 5.75 Å². The van der Waals surface area contributed by atoms with Gasteiger partial charge in [0.15, 0.2) is 0 Å². The molecule has 0 radical (unpaired) electrons. The Morgan fingerprint density at radius 1 is 1.17 bits per heavy atom. The summed E-state index contributed by atoms with van der Waals surface area (Å²) in [4.78, 5) is 12.1. The van der Waals surface area contributed by atoms with Gasteiger partial charge in [-0.2, -0.15) is 0 Å². The molecule has 1 N–H and O–H groups in total. The van der Waals surface area contributed by atoms with Gasteiger partial charge < -0.3 is 4.74 Å². The number of amides is 1. The average Bonchev–Trinajstić information content (AvgIpc) is 2.92. The summed E-state index contributed by atoms with van der Waals surface area (Å²) in [6.45, 7) is 1.72. The van der Waals surface area contributed by atoms with Crippen LogP contribution in [0.25, 0.3) is 0 Å². The van der Waals surface area contributed by atoms with Gasteiger partial charge in [0.2, 0.25) is 26.0 Å².